The molecular formula is C19H21N3S. The molecule has 1 heterocycles. The van der Waals surface area contributed by atoms with Crippen molar-refractivity contribution in [1.29, 1.82) is 0 Å². The molecule has 3 aromatic rings. The van der Waals surface area contributed by atoms with Gasteiger partial charge < -0.3 is 5.32 Å². The van der Waals surface area contributed by atoms with Crippen molar-refractivity contribution in [1.82, 2.24) is 9.97 Å². The van der Waals surface area contributed by atoms with Crippen molar-refractivity contribution in [2.75, 3.05) is 11.6 Å². The number of fused-ring (bicyclic) bond motifs is 1. The normalized spacial score (nSPS) is 12.3. The Morgan fingerprint density at radius 1 is 1.09 bits per heavy atom. The summed E-state index contributed by atoms with van der Waals surface area (Å²) in [6, 6.07) is 15.2. The number of anilines is 1. The molecule has 23 heavy (non-hydrogen) atoms. The van der Waals surface area contributed by atoms with Crippen LogP contribution < -0.4 is 5.32 Å². The molecule has 1 unspecified atom stereocenters. The number of nitrogens with zero attached hydrogens (tertiary/aromatic N) is 2. The highest BCUT2D eigenvalue weighted by Crippen LogP contribution is 2.30. The first-order valence-electron chi connectivity index (χ1n) is 7.86. The summed E-state index contributed by atoms with van der Waals surface area (Å²) in [7, 11) is 0. The molecule has 0 radical (unpaired) electrons. The molecule has 0 saturated heterocycles. The lowest BCUT2D eigenvalue weighted by atomic mass is 10.0. The Morgan fingerprint density at radius 3 is 2.61 bits per heavy atom. The average molecular weight is 323 g/mol. The Kier molecular flexibility index (Phi) is 4.82. The van der Waals surface area contributed by atoms with Crippen LogP contribution in [0, 0.1) is 0 Å². The standard InChI is InChI=1S/C19H21N3S/c1-4-17-18(23-3)19(21-12-20-17)22-13(2)15-10-9-14-7-5-6-8-16(14)11-15/h5-13H,4H2,1-3H3,(H,20,21,22). The molecule has 0 amide bonds. The molecule has 0 aliphatic carbocycles. The summed E-state index contributed by atoms with van der Waals surface area (Å²) < 4.78 is 0. The minimum atomic E-state index is 0.185. The monoisotopic (exact) mass is 323 g/mol. The summed E-state index contributed by atoms with van der Waals surface area (Å²) in [6.07, 6.45) is 4.63. The van der Waals surface area contributed by atoms with Gasteiger partial charge in [-0.2, -0.15) is 0 Å². The summed E-state index contributed by atoms with van der Waals surface area (Å²) in [4.78, 5) is 9.96. The van der Waals surface area contributed by atoms with Gasteiger partial charge in [-0.15, -0.1) is 11.8 Å². The molecule has 0 fully saturated rings. The van der Waals surface area contributed by atoms with Crippen LogP contribution in [0.4, 0.5) is 5.82 Å². The van der Waals surface area contributed by atoms with Gasteiger partial charge in [-0.1, -0.05) is 43.3 Å². The molecule has 1 N–H and O–H groups in total. The number of hydrogen-bond acceptors (Lipinski definition) is 4. The van der Waals surface area contributed by atoms with Gasteiger partial charge in [0, 0.05) is 0 Å². The maximum Gasteiger partial charge on any atom is 0.143 e. The van der Waals surface area contributed by atoms with Crippen LogP contribution in [0.3, 0.4) is 0 Å². The number of hydrogen-bond donors (Lipinski definition) is 1. The Bertz CT molecular complexity index is 817. The van der Waals surface area contributed by atoms with Crippen molar-refractivity contribution in [2.45, 2.75) is 31.2 Å². The molecular weight excluding hydrogens is 302 g/mol. The van der Waals surface area contributed by atoms with Gasteiger partial charge in [-0.3, -0.25) is 0 Å². The number of benzene rings is 2. The fourth-order valence-corrected chi connectivity index (χ4v) is 3.48. The highest BCUT2D eigenvalue weighted by atomic mass is 32.2. The molecule has 118 valence electrons. The van der Waals surface area contributed by atoms with Crippen LogP contribution in [0.2, 0.25) is 0 Å². The van der Waals surface area contributed by atoms with Crippen molar-refractivity contribution in [2.24, 2.45) is 0 Å². The lowest BCUT2D eigenvalue weighted by Crippen LogP contribution is -2.10. The Hall–Kier alpha value is -2.07. The molecule has 1 aromatic heterocycles. The van der Waals surface area contributed by atoms with Crippen molar-refractivity contribution >= 4 is 28.4 Å². The number of aryl methyl sites for hydroxylation is 1. The second kappa shape index (κ2) is 7.01. The zero-order valence-corrected chi connectivity index (χ0v) is 14.5. The van der Waals surface area contributed by atoms with E-state index in [4.69, 9.17) is 0 Å². The van der Waals surface area contributed by atoms with E-state index in [9.17, 15) is 0 Å². The van der Waals surface area contributed by atoms with Gasteiger partial charge >= 0.3 is 0 Å². The largest absolute Gasteiger partial charge is 0.363 e. The quantitative estimate of drug-likeness (QED) is 0.664. The first kappa shape index (κ1) is 15.8. The van der Waals surface area contributed by atoms with Crippen LogP contribution in [0.1, 0.15) is 31.1 Å². The zero-order chi connectivity index (χ0) is 16.2. The van der Waals surface area contributed by atoms with Crippen LogP contribution in [-0.4, -0.2) is 16.2 Å². The molecule has 0 saturated carbocycles. The van der Waals surface area contributed by atoms with Crippen LogP contribution in [-0.2, 0) is 6.42 Å². The van der Waals surface area contributed by atoms with Crippen LogP contribution >= 0.6 is 11.8 Å². The maximum atomic E-state index is 4.44. The van der Waals surface area contributed by atoms with Crippen LogP contribution in [0.15, 0.2) is 53.7 Å². The Labute approximate surface area is 141 Å². The molecule has 2 aromatic carbocycles. The van der Waals surface area contributed by atoms with Crippen LogP contribution in [0.25, 0.3) is 10.8 Å². The van der Waals surface area contributed by atoms with Crippen molar-refractivity contribution in [3.05, 3.63) is 60.0 Å². The SMILES string of the molecule is CCc1ncnc(NC(C)c2ccc3ccccc3c2)c1SC. The van der Waals surface area contributed by atoms with Gasteiger partial charge in [0.05, 0.1) is 16.6 Å². The molecule has 0 bridgehead atoms. The van der Waals surface area contributed by atoms with E-state index in [1.807, 2.05) is 0 Å². The Balaban J connectivity index is 1.90. The summed E-state index contributed by atoms with van der Waals surface area (Å²) in [5, 5.41) is 6.08. The fourth-order valence-electron chi connectivity index (χ4n) is 2.74. The third-order valence-corrected chi connectivity index (χ3v) is 4.88. The Morgan fingerprint density at radius 2 is 1.87 bits per heavy atom. The summed E-state index contributed by atoms with van der Waals surface area (Å²) in [6.45, 7) is 4.29. The van der Waals surface area contributed by atoms with E-state index in [0.29, 0.717) is 0 Å². The number of nitrogens with one attached hydrogen (secondary N) is 1. The van der Waals surface area contributed by atoms with Gasteiger partial charge in [-0.05, 0) is 42.0 Å². The third-order valence-electron chi connectivity index (χ3n) is 4.04. The molecule has 0 aliphatic heterocycles. The lowest BCUT2D eigenvalue weighted by molar-refractivity contribution is 0.850. The van der Waals surface area contributed by atoms with E-state index in [2.05, 4.69) is 77.9 Å². The maximum absolute atomic E-state index is 4.44. The summed E-state index contributed by atoms with van der Waals surface area (Å²) >= 11 is 1.70. The van der Waals surface area contributed by atoms with Gasteiger partial charge in [0.25, 0.3) is 0 Å². The smallest absolute Gasteiger partial charge is 0.143 e. The first-order valence-corrected chi connectivity index (χ1v) is 9.08. The van der Waals surface area contributed by atoms with Crippen molar-refractivity contribution < 1.29 is 0 Å². The highest BCUT2D eigenvalue weighted by Gasteiger charge is 2.13. The minimum absolute atomic E-state index is 0.185. The second-order valence-electron chi connectivity index (χ2n) is 5.53. The van der Waals surface area contributed by atoms with E-state index in [1.54, 1.807) is 18.1 Å². The first-order chi connectivity index (χ1) is 11.2. The predicted octanol–water partition coefficient (Wildman–Crippen LogP) is 5.09. The van der Waals surface area contributed by atoms with Crippen molar-refractivity contribution in [3.8, 4) is 0 Å². The van der Waals surface area contributed by atoms with Crippen LogP contribution in [0.5, 0.6) is 0 Å². The molecule has 0 spiro atoms. The topological polar surface area (TPSA) is 37.8 Å². The molecule has 3 rings (SSSR count). The lowest BCUT2D eigenvalue weighted by Gasteiger charge is -2.18. The molecule has 4 heteroatoms. The van der Waals surface area contributed by atoms with E-state index in [0.717, 1.165) is 22.8 Å². The summed E-state index contributed by atoms with van der Waals surface area (Å²) in [5.41, 5.74) is 2.35. The molecule has 1 atom stereocenters. The van der Waals surface area contributed by atoms with Gasteiger partial charge in [0.1, 0.15) is 12.1 Å². The van der Waals surface area contributed by atoms with E-state index >= 15 is 0 Å². The summed E-state index contributed by atoms with van der Waals surface area (Å²) in [5.74, 6) is 0.921. The van der Waals surface area contributed by atoms with Gasteiger partial charge in [-0.25, -0.2) is 9.97 Å². The van der Waals surface area contributed by atoms with Crippen molar-refractivity contribution in [3.63, 3.8) is 0 Å². The highest BCUT2D eigenvalue weighted by molar-refractivity contribution is 7.98. The van der Waals surface area contributed by atoms with E-state index < -0.39 is 0 Å². The second-order valence-corrected chi connectivity index (χ2v) is 6.34. The van der Waals surface area contributed by atoms with Gasteiger partial charge in [0.2, 0.25) is 0 Å². The average Bonchev–Trinajstić information content (AvgIpc) is 2.60. The van der Waals surface area contributed by atoms with E-state index in [1.165, 1.54) is 16.3 Å². The zero-order valence-electron chi connectivity index (χ0n) is 13.7. The number of thioether (sulfide) groups is 1. The molecule has 3 nitrogen and oxygen atoms in total. The number of rotatable bonds is 5. The predicted molar refractivity (Wildman–Crippen MR) is 99.2 cm³/mol. The third kappa shape index (κ3) is 3.32. The number of aromatic nitrogens is 2. The van der Waals surface area contributed by atoms with Gasteiger partial charge in [0.15, 0.2) is 0 Å². The molecule has 0 aliphatic rings. The fraction of sp³-hybridized carbons (Fsp3) is 0.263. The van der Waals surface area contributed by atoms with E-state index in [-0.39, 0.29) is 6.04 Å². The minimum Gasteiger partial charge on any atom is -0.363 e.